The highest BCUT2D eigenvalue weighted by Crippen LogP contribution is 2.13. The number of hydrogen-bond donors (Lipinski definition) is 0. The molecule has 1 rings (SSSR count). The molecule has 0 amide bonds. The van der Waals surface area contributed by atoms with Gasteiger partial charge in [-0.1, -0.05) is 0 Å². The quantitative estimate of drug-likeness (QED) is 0.518. The zero-order valence-corrected chi connectivity index (χ0v) is 7.12. The predicted octanol–water partition coefficient (Wildman–Crippen LogP) is 0.120. The van der Waals surface area contributed by atoms with Crippen molar-refractivity contribution in [1.29, 1.82) is 0 Å². The highest BCUT2D eigenvalue weighted by Gasteiger charge is 2.26. The molecule has 0 aromatic heterocycles. The summed E-state index contributed by atoms with van der Waals surface area (Å²) < 4.78 is 7.25. The van der Waals surface area contributed by atoms with Crippen LogP contribution in [-0.2, 0) is 9.26 Å². The van der Waals surface area contributed by atoms with Gasteiger partial charge >= 0.3 is 0 Å². The summed E-state index contributed by atoms with van der Waals surface area (Å²) in [5, 5.41) is 0. The molecule has 1 aliphatic rings. The highest BCUT2D eigenvalue weighted by molar-refractivity contribution is 6.48. The van der Waals surface area contributed by atoms with Crippen molar-refractivity contribution >= 4 is 9.20 Å². The van der Waals surface area contributed by atoms with Gasteiger partial charge in [-0.3, -0.25) is 0 Å². The third kappa shape index (κ3) is 1.51. The molecule has 0 aliphatic carbocycles. The van der Waals surface area contributed by atoms with Crippen LogP contribution in [0.3, 0.4) is 0 Å². The van der Waals surface area contributed by atoms with Gasteiger partial charge in [0.25, 0.3) is 9.20 Å². The monoisotopic (exact) mass is 147 g/mol. The van der Waals surface area contributed by atoms with E-state index in [-0.39, 0.29) is 0 Å². The second-order valence-electron chi connectivity index (χ2n) is 2.16. The Morgan fingerprint density at radius 1 is 1.44 bits per heavy atom. The zero-order chi connectivity index (χ0) is 6.69. The summed E-state index contributed by atoms with van der Waals surface area (Å²) in [7, 11) is 2.42. The maximum Gasteiger partial charge on any atom is 0.279 e. The third-order valence-corrected chi connectivity index (χ3v) is 4.22. The Hall–Kier alpha value is 0.0969. The molecule has 0 saturated carbocycles. The van der Waals surface area contributed by atoms with Crippen LogP contribution in [-0.4, -0.2) is 34.7 Å². The fourth-order valence-corrected chi connectivity index (χ4v) is 3.15. The van der Waals surface area contributed by atoms with E-state index in [4.69, 9.17) is 9.26 Å². The summed E-state index contributed by atoms with van der Waals surface area (Å²) in [6, 6.07) is 1.23. The Labute approximate surface area is 57.3 Å². The minimum Gasteiger partial charge on any atom is -0.407 e. The molecule has 1 fully saturated rings. The van der Waals surface area contributed by atoms with Gasteiger partial charge in [-0.25, -0.2) is 0 Å². The van der Waals surface area contributed by atoms with Crippen LogP contribution < -0.4 is 0 Å². The second kappa shape index (κ2) is 3.31. The van der Waals surface area contributed by atoms with Crippen molar-refractivity contribution in [2.45, 2.75) is 12.5 Å². The van der Waals surface area contributed by atoms with Crippen molar-refractivity contribution in [3.63, 3.8) is 0 Å². The smallest absolute Gasteiger partial charge is 0.279 e. The molecule has 1 aliphatic heterocycles. The number of nitrogens with zero attached hydrogens (tertiary/aromatic N) is 1. The molecule has 1 atom stereocenters. The molecule has 1 heterocycles. The van der Waals surface area contributed by atoms with Crippen molar-refractivity contribution in [1.82, 2.24) is 4.73 Å². The fourth-order valence-electron chi connectivity index (χ4n) is 1.15. The molecule has 3 nitrogen and oxygen atoms in total. The van der Waals surface area contributed by atoms with Crippen molar-refractivity contribution < 1.29 is 9.26 Å². The van der Waals surface area contributed by atoms with Crippen molar-refractivity contribution in [2.24, 2.45) is 0 Å². The first-order valence-corrected chi connectivity index (χ1v) is 5.02. The Morgan fingerprint density at radius 3 is 2.67 bits per heavy atom. The molecule has 9 heavy (non-hydrogen) atoms. The summed E-state index contributed by atoms with van der Waals surface area (Å²) >= 11 is 0. The number of hydrogen-bond acceptors (Lipinski definition) is 3. The second-order valence-corrected chi connectivity index (χ2v) is 4.69. The molecular weight excluding hydrogens is 134 g/mol. The zero-order valence-electron chi connectivity index (χ0n) is 5.96. The normalized spacial score (nSPS) is 29.3. The molecule has 0 bridgehead atoms. The summed E-state index contributed by atoms with van der Waals surface area (Å²) in [5.74, 6) is 0. The van der Waals surface area contributed by atoms with Crippen molar-refractivity contribution in [3.05, 3.63) is 0 Å². The molecular formula is C5H13NO2Si. The lowest BCUT2D eigenvalue weighted by Gasteiger charge is -2.17. The topological polar surface area (TPSA) is 21.7 Å². The summed E-state index contributed by atoms with van der Waals surface area (Å²) in [6.45, 7) is 1.06. The average Bonchev–Trinajstić information content (AvgIpc) is 2.33. The third-order valence-electron chi connectivity index (χ3n) is 1.66. The molecule has 0 spiro atoms. The Morgan fingerprint density at radius 2 is 2.22 bits per heavy atom. The minimum absolute atomic E-state index is 1.06. The van der Waals surface area contributed by atoms with Gasteiger partial charge in [0.1, 0.15) is 0 Å². The molecule has 0 N–H and O–H groups in total. The van der Waals surface area contributed by atoms with Gasteiger partial charge in [0.2, 0.25) is 0 Å². The van der Waals surface area contributed by atoms with E-state index < -0.39 is 9.20 Å². The van der Waals surface area contributed by atoms with Crippen LogP contribution in [0.25, 0.3) is 0 Å². The predicted molar refractivity (Wildman–Crippen MR) is 37.3 cm³/mol. The molecule has 0 aromatic rings. The van der Waals surface area contributed by atoms with Gasteiger partial charge in [-0.15, -0.1) is 0 Å². The van der Waals surface area contributed by atoms with E-state index in [1.165, 1.54) is 12.5 Å². The van der Waals surface area contributed by atoms with E-state index >= 15 is 0 Å². The van der Waals surface area contributed by atoms with E-state index in [2.05, 4.69) is 0 Å². The van der Waals surface area contributed by atoms with E-state index in [0.29, 0.717) is 0 Å². The van der Waals surface area contributed by atoms with Crippen LogP contribution >= 0.6 is 0 Å². The van der Waals surface area contributed by atoms with Gasteiger partial charge < -0.3 is 9.26 Å². The molecule has 1 saturated heterocycles. The lowest BCUT2D eigenvalue weighted by atomic mass is 10.5. The maximum atomic E-state index is 5.25. The minimum atomic E-state index is -1.06. The molecule has 54 valence electrons. The lowest BCUT2D eigenvalue weighted by Crippen LogP contribution is -2.34. The van der Waals surface area contributed by atoms with E-state index in [9.17, 15) is 0 Å². The van der Waals surface area contributed by atoms with Gasteiger partial charge in [-0.05, 0) is 12.5 Å². The molecule has 0 radical (unpaired) electrons. The van der Waals surface area contributed by atoms with Crippen LogP contribution in [0.2, 0.25) is 6.04 Å². The average molecular weight is 147 g/mol. The van der Waals surface area contributed by atoms with E-state index in [1.54, 1.807) is 14.2 Å². The first kappa shape index (κ1) is 7.21. The lowest BCUT2D eigenvalue weighted by molar-refractivity contribution is -0.0599. The Balaban J connectivity index is 2.32. The molecule has 1 unspecified atom stereocenters. The molecule has 4 heteroatoms. The van der Waals surface area contributed by atoms with Gasteiger partial charge in [0.05, 0.1) is 7.11 Å². The fraction of sp³-hybridized carbons (Fsp3) is 1.00. The van der Waals surface area contributed by atoms with Crippen LogP contribution in [0.4, 0.5) is 0 Å². The molecule has 0 aromatic carbocycles. The van der Waals surface area contributed by atoms with Gasteiger partial charge in [0, 0.05) is 13.7 Å². The summed E-state index contributed by atoms with van der Waals surface area (Å²) in [6.07, 6.45) is 1.23. The van der Waals surface area contributed by atoms with Crippen molar-refractivity contribution in [3.8, 4) is 0 Å². The largest absolute Gasteiger partial charge is 0.407 e. The van der Waals surface area contributed by atoms with Crippen LogP contribution in [0.15, 0.2) is 0 Å². The first-order chi connectivity index (χ1) is 4.38. The number of rotatable bonds is 2. The first-order valence-electron chi connectivity index (χ1n) is 3.22. The number of hydroxylamine groups is 1. The maximum absolute atomic E-state index is 5.25. The Bertz CT molecular complexity index is 81.0. The van der Waals surface area contributed by atoms with Crippen LogP contribution in [0, 0.1) is 0 Å². The van der Waals surface area contributed by atoms with Crippen LogP contribution in [0.1, 0.15) is 6.42 Å². The Kier molecular flexibility index (Phi) is 2.65. The highest BCUT2D eigenvalue weighted by atomic mass is 28.3. The van der Waals surface area contributed by atoms with E-state index in [1.807, 2.05) is 4.73 Å². The van der Waals surface area contributed by atoms with E-state index in [0.717, 1.165) is 6.54 Å². The SMILES string of the molecule is CON1CCC[SiH]1OC. The van der Waals surface area contributed by atoms with Gasteiger partial charge in [0.15, 0.2) is 0 Å². The summed E-state index contributed by atoms with van der Waals surface area (Å²) in [5.41, 5.74) is 0. The summed E-state index contributed by atoms with van der Waals surface area (Å²) in [4.78, 5) is 5.08. The van der Waals surface area contributed by atoms with Crippen molar-refractivity contribution in [2.75, 3.05) is 20.8 Å². The van der Waals surface area contributed by atoms with Gasteiger partial charge in [-0.2, -0.15) is 4.73 Å². The standard InChI is InChI=1S/C5H13NO2Si/c1-7-6-4-3-5-9(6)8-2/h9H,3-5H2,1-2H3. The van der Waals surface area contributed by atoms with Crippen LogP contribution in [0.5, 0.6) is 0 Å².